The van der Waals surface area contributed by atoms with Crippen molar-refractivity contribution in [1.29, 1.82) is 0 Å². The highest BCUT2D eigenvalue weighted by Crippen LogP contribution is 2.30. The Hall–Kier alpha value is -0.330. The number of anilines is 1. The van der Waals surface area contributed by atoms with E-state index in [1.54, 1.807) is 0 Å². The zero-order valence-electron chi connectivity index (χ0n) is 11.7. The topological polar surface area (TPSA) is 55.0 Å². The van der Waals surface area contributed by atoms with Crippen LogP contribution in [0.3, 0.4) is 0 Å². The Balaban J connectivity index is 2.32. The minimum absolute atomic E-state index is 0.278. The third-order valence-corrected chi connectivity index (χ3v) is 5.15. The van der Waals surface area contributed by atoms with Crippen molar-refractivity contribution < 1.29 is 0 Å². The number of hydrogen-bond acceptors (Lipinski definition) is 5. The average Bonchev–Trinajstić information content (AvgIpc) is 2.35. The van der Waals surface area contributed by atoms with E-state index in [0.29, 0.717) is 11.7 Å². The molecule has 1 aromatic heterocycles. The number of hydrogen-bond donors (Lipinski definition) is 1. The zero-order chi connectivity index (χ0) is 14.0. The Morgan fingerprint density at radius 1 is 1.47 bits per heavy atom. The van der Waals surface area contributed by atoms with Crippen LogP contribution in [0.4, 0.5) is 5.82 Å². The van der Waals surface area contributed by atoms with Crippen LogP contribution in [-0.2, 0) is 6.42 Å². The van der Waals surface area contributed by atoms with Crippen molar-refractivity contribution in [3.05, 3.63) is 16.0 Å². The molecule has 2 rings (SSSR count). The molecular weight excluding hydrogens is 324 g/mol. The van der Waals surface area contributed by atoms with Crippen molar-refractivity contribution in [3.8, 4) is 0 Å². The SMILES string of the molecule is CC(C)Cc1nc(C2CSCCN2C)nc(N)c1Br. The van der Waals surface area contributed by atoms with Gasteiger partial charge in [0.15, 0.2) is 0 Å². The molecule has 6 heteroatoms. The normalized spacial score (nSPS) is 21.0. The summed E-state index contributed by atoms with van der Waals surface area (Å²) in [5.74, 6) is 4.20. The molecule has 2 N–H and O–H groups in total. The highest BCUT2D eigenvalue weighted by Gasteiger charge is 2.25. The lowest BCUT2D eigenvalue weighted by atomic mass is 10.1. The molecular formula is C13H21BrN4S. The smallest absolute Gasteiger partial charge is 0.149 e. The summed E-state index contributed by atoms with van der Waals surface area (Å²) in [6, 6.07) is 0.278. The first-order chi connectivity index (χ1) is 8.99. The average molecular weight is 345 g/mol. The van der Waals surface area contributed by atoms with Crippen molar-refractivity contribution in [2.75, 3.05) is 30.8 Å². The quantitative estimate of drug-likeness (QED) is 0.913. The number of aromatic nitrogens is 2. The van der Waals surface area contributed by atoms with Gasteiger partial charge >= 0.3 is 0 Å². The minimum atomic E-state index is 0.278. The summed E-state index contributed by atoms with van der Waals surface area (Å²) in [4.78, 5) is 11.6. The van der Waals surface area contributed by atoms with Gasteiger partial charge in [-0.15, -0.1) is 0 Å². The number of thioether (sulfide) groups is 1. The molecule has 0 aromatic carbocycles. The molecule has 1 aliphatic heterocycles. The van der Waals surface area contributed by atoms with E-state index >= 15 is 0 Å². The third-order valence-electron chi connectivity index (χ3n) is 3.26. The molecule has 0 amide bonds. The van der Waals surface area contributed by atoms with E-state index < -0.39 is 0 Å². The van der Waals surface area contributed by atoms with Crippen LogP contribution in [0.1, 0.15) is 31.4 Å². The summed E-state index contributed by atoms with van der Waals surface area (Å²) in [5, 5.41) is 0. The number of rotatable bonds is 3. The van der Waals surface area contributed by atoms with Gasteiger partial charge in [-0.25, -0.2) is 9.97 Å². The minimum Gasteiger partial charge on any atom is -0.383 e. The van der Waals surface area contributed by atoms with Gasteiger partial charge in [0, 0.05) is 18.1 Å². The fourth-order valence-electron chi connectivity index (χ4n) is 2.16. The number of nitrogen functional groups attached to an aromatic ring is 1. The second-order valence-corrected chi connectivity index (χ2v) is 7.34. The predicted octanol–water partition coefficient (Wildman–Crippen LogP) is 2.74. The summed E-state index contributed by atoms with van der Waals surface area (Å²) in [7, 11) is 2.13. The molecule has 1 unspecified atom stereocenters. The van der Waals surface area contributed by atoms with Crippen molar-refractivity contribution in [2.24, 2.45) is 5.92 Å². The molecule has 0 spiro atoms. The molecule has 1 fully saturated rings. The second-order valence-electron chi connectivity index (χ2n) is 5.40. The Bertz CT molecular complexity index is 453. The van der Waals surface area contributed by atoms with Gasteiger partial charge in [-0.2, -0.15) is 11.8 Å². The molecule has 0 saturated carbocycles. The van der Waals surface area contributed by atoms with Crippen LogP contribution < -0.4 is 5.73 Å². The Labute approximate surface area is 127 Å². The zero-order valence-corrected chi connectivity index (χ0v) is 14.1. The summed E-state index contributed by atoms with van der Waals surface area (Å²) in [5.41, 5.74) is 7.06. The molecule has 1 aliphatic rings. The first-order valence-corrected chi connectivity index (χ1v) is 8.53. The van der Waals surface area contributed by atoms with E-state index in [1.165, 1.54) is 5.75 Å². The molecule has 19 heavy (non-hydrogen) atoms. The molecule has 1 atom stereocenters. The van der Waals surface area contributed by atoms with E-state index in [2.05, 4.69) is 46.7 Å². The van der Waals surface area contributed by atoms with Gasteiger partial charge in [-0.05, 0) is 35.3 Å². The molecule has 0 aliphatic carbocycles. The molecule has 106 valence electrons. The van der Waals surface area contributed by atoms with Crippen molar-refractivity contribution in [3.63, 3.8) is 0 Å². The maximum atomic E-state index is 6.03. The number of nitrogens with zero attached hydrogens (tertiary/aromatic N) is 3. The second kappa shape index (κ2) is 6.41. The molecule has 0 bridgehead atoms. The van der Waals surface area contributed by atoms with Gasteiger partial charge < -0.3 is 5.73 Å². The van der Waals surface area contributed by atoms with Crippen molar-refractivity contribution >= 4 is 33.5 Å². The molecule has 1 aromatic rings. The molecule has 0 radical (unpaired) electrons. The van der Waals surface area contributed by atoms with Crippen LogP contribution in [0.2, 0.25) is 0 Å². The lowest BCUT2D eigenvalue weighted by molar-refractivity contribution is 0.264. The van der Waals surface area contributed by atoms with Crippen LogP contribution in [0.5, 0.6) is 0 Å². The van der Waals surface area contributed by atoms with Crippen LogP contribution in [0.25, 0.3) is 0 Å². The highest BCUT2D eigenvalue weighted by molar-refractivity contribution is 9.10. The van der Waals surface area contributed by atoms with Gasteiger partial charge in [-0.1, -0.05) is 13.8 Å². The van der Waals surface area contributed by atoms with E-state index in [1.807, 2.05) is 11.8 Å². The largest absolute Gasteiger partial charge is 0.383 e. The Morgan fingerprint density at radius 3 is 2.84 bits per heavy atom. The van der Waals surface area contributed by atoms with E-state index in [-0.39, 0.29) is 6.04 Å². The summed E-state index contributed by atoms with van der Waals surface area (Å²) < 4.78 is 0.857. The van der Waals surface area contributed by atoms with Crippen LogP contribution in [0, 0.1) is 5.92 Å². The fourth-order valence-corrected chi connectivity index (χ4v) is 3.71. The van der Waals surface area contributed by atoms with Gasteiger partial charge in [0.1, 0.15) is 11.6 Å². The van der Waals surface area contributed by atoms with Gasteiger partial charge in [0.2, 0.25) is 0 Å². The maximum Gasteiger partial charge on any atom is 0.149 e. The van der Waals surface area contributed by atoms with Gasteiger partial charge in [-0.3, -0.25) is 4.90 Å². The molecule has 1 saturated heterocycles. The molecule has 4 nitrogen and oxygen atoms in total. The lowest BCUT2D eigenvalue weighted by Gasteiger charge is -2.31. The monoisotopic (exact) mass is 344 g/mol. The Morgan fingerprint density at radius 2 is 2.21 bits per heavy atom. The number of halogens is 1. The number of nitrogens with two attached hydrogens (primary N) is 1. The summed E-state index contributed by atoms with van der Waals surface area (Å²) in [6.45, 7) is 5.45. The molecule has 2 heterocycles. The standard InChI is InChI=1S/C13H21BrN4S/c1-8(2)6-9-11(14)12(15)17-13(16-9)10-7-19-5-4-18(10)3/h8,10H,4-7H2,1-3H3,(H2,15,16,17). The van der Waals surface area contributed by atoms with E-state index in [4.69, 9.17) is 10.7 Å². The summed E-state index contributed by atoms with van der Waals surface area (Å²) >= 11 is 5.47. The third kappa shape index (κ3) is 3.61. The Kier molecular flexibility index (Phi) is 5.09. The first-order valence-electron chi connectivity index (χ1n) is 6.58. The highest BCUT2D eigenvalue weighted by atomic mass is 79.9. The van der Waals surface area contributed by atoms with E-state index in [0.717, 1.165) is 34.7 Å². The summed E-state index contributed by atoms with van der Waals surface area (Å²) in [6.07, 6.45) is 0.921. The van der Waals surface area contributed by atoms with Crippen LogP contribution >= 0.6 is 27.7 Å². The predicted molar refractivity (Wildman–Crippen MR) is 85.4 cm³/mol. The van der Waals surface area contributed by atoms with Crippen molar-refractivity contribution in [2.45, 2.75) is 26.3 Å². The van der Waals surface area contributed by atoms with Gasteiger partial charge in [0.05, 0.1) is 16.2 Å². The van der Waals surface area contributed by atoms with Gasteiger partial charge in [0.25, 0.3) is 0 Å². The van der Waals surface area contributed by atoms with Crippen molar-refractivity contribution in [1.82, 2.24) is 14.9 Å². The van der Waals surface area contributed by atoms with Crippen LogP contribution in [-0.4, -0.2) is 40.0 Å². The van der Waals surface area contributed by atoms with Crippen LogP contribution in [0.15, 0.2) is 4.47 Å². The lowest BCUT2D eigenvalue weighted by Crippen LogP contribution is -2.34. The maximum absolute atomic E-state index is 6.03. The fraction of sp³-hybridized carbons (Fsp3) is 0.692. The first kappa shape index (κ1) is 15.1. The van der Waals surface area contributed by atoms with E-state index in [9.17, 15) is 0 Å².